The summed E-state index contributed by atoms with van der Waals surface area (Å²) in [4.78, 5) is 0. The van der Waals surface area contributed by atoms with Crippen LogP contribution in [0.1, 0.15) is 11.1 Å². The third kappa shape index (κ3) is 2.83. The van der Waals surface area contributed by atoms with Crippen LogP contribution in [0.2, 0.25) is 0 Å². The van der Waals surface area contributed by atoms with Crippen molar-refractivity contribution in [1.82, 2.24) is 0 Å². The van der Waals surface area contributed by atoms with E-state index in [1.54, 1.807) is 12.1 Å². The molecule has 0 spiro atoms. The van der Waals surface area contributed by atoms with Crippen molar-refractivity contribution < 1.29 is 8.42 Å². The molecule has 1 rings (SSSR count). The van der Waals surface area contributed by atoms with Gasteiger partial charge in [-0.2, -0.15) is 0 Å². The van der Waals surface area contributed by atoms with Crippen LogP contribution < -0.4 is 0 Å². The molecule has 66 valence electrons. The summed E-state index contributed by atoms with van der Waals surface area (Å²) in [7, 11) is -2.32. The standard InChI is InChI=1S/C8H9ClO2S/c9-5-7-1-3-8(4-2-7)6-12(10)11/h1-4,12H,5-6H2. The molecule has 4 heteroatoms. The van der Waals surface area contributed by atoms with Crippen LogP contribution in [-0.2, 0) is 22.3 Å². The highest BCUT2D eigenvalue weighted by Gasteiger charge is 1.94. The van der Waals surface area contributed by atoms with E-state index in [4.69, 9.17) is 11.6 Å². The van der Waals surface area contributed by atoms with E-state index in [0.717, 1.165) is 11.1 Å². The predicted octanol–water partition coefficient (Wildman–Crippen LogP) is 1.54. The Bertz CT molecular complexity index is 308. The van der Waals surface area contributed by atoms with Gasteiger partial charge in [0.2, 0.25) is 0 Å². The van der Waals surface area contributed by atoms with Crippen molar-refractivity contribution in [3.8, 4) is 0 Å². The maximum absolute atomic E-state index is 10.3. The van der Waals surface area contributed by atoms with Gasteiger partial charge in [-0.05, 0) is 11.1 Å². The zero-order chi connectivity index (χ0) is 8.97. The number of thiol groups is 1. The minimum absolute atomic E-state index is 0.109. The van der Waals surface area contributed by atoms with Gasteiger partial charge in [0.1, 0.15) is 10.7 Å². The van der Waals surface area contributed by atoms with Gasteiger partial charge < -0.3 is 0 Å². The quantitative estimate of drug-likeness (QED) is 0.599. The largest absolute Gasteiger partial charge is 0.232 e. The summed E-state index contributed by atoms with van der Waals surface area (Å²) in [6.07, 6.45) is 0. The molecule has 0 aliphatic carbocycles. The van der Waals surface area contributed by atoms with E-state index in [1.807, 2.05) is 12.1 Å². The van der Waals surface area contributed by atoms with Gasteiger partial charge in [-0.3, -0.25) is 0 Å². The first-order valence-corrected chi connectivity index (χ1v) is 5.37. The van der Waals surface area contributed by atoms with Gasteiger partial charge in [-0.15, -0.1) is 11.6 Å². The summed E-state index contributed by atoms with van der Waals surface area (Å²) in [6, 6.07) is 7.23. The first kappa shape index (κ1) is 9.55. The maximum atomic E-state index is 10.3. The van der Waals surface area contributed by atoms with E-state index in [-0.39, 0.29) is 5.75 Å². The van der Waals surface area contributed by atoms with Crippen LogP contribution in [0.25, 0.3) is 0 Å². The Kier molecular flexibility index (Phi) is 3.56. The minimum atomic E-state index is -2.32. The Morgan fingerprint density at radius 2 is 1.58 bits per heavy atom. The normalized spacial score (nSPS) is 10.5. The molecule has 0 N–H and O–H groups in total. The van der Waals surface area contributed by atoms with Crippen LogP contribution in [-0.4, -0.2) is 8.42 Å². The highest BCUT2D eigenvalue weighted by molar-refractivity contribution is 7.71. The molecule has 0 unspecified atom stereocenters. The monoisotopic (exact) mass is 204 g/mol. The Labute approximate surface area is 78.1 Å². The van der Waals surface area contributed by atoms with Gasteiger partial charge in [0, 0.05) is 5.88 Å². The number of hydrogen-bond donors (Lipinski definition) is 1. The third-order valence-corrected chi connectivity index (χ3v) is 2.42. The van der Waals surface area contributed by atoms with Gasteiger partial charge in [0.05, 0.1) is 5.75 Å². The van der Waals surface area contributed by atoms with Gasteiger partial charge >= 0.3 is 0 Å². The van der Waals surface area contributed by atoms with Crippen LogP contribution in [0.15, 0.2) is 24.3 Å². The van der Waals surface area contributed by atoms with Gasteiger partial charge in [-0.25, -0.2) is 8.42 Å². The molecule has 0 saturated heterocycles. The Balaban J connectivity index is 2.77. The molecule has 12 heavy (non-hydrogen) atoms. The second-order valence-electron chi connectivity index (χ2n) is 2.44. The lowest BCUT2D eigenvalue weighted by molar-refractivity contribution is 0.614. The molecule has 0 aliphatic rings. The fraction of sp³-hybridized carbons (Fsp3) is 0.250. The number of benzene rings is 1. The number of alkyl halides is 1. The van der Waals surface area contributed by atoms with E-state index in [2.05, 4.69) is 0 Å². The first-order valence-electron chi connectivity index (χ1n) is 3.48. The van der Waals surface area contributed by atoms with E-state index in [1.165, 1.54) is 0 Å². The Morgan fingerprint density at radius 3 is 2.00 bits per heavy atom. The zero-order valence-corrected chi connectivity index (χ0v) is 8.02. The van der Waals surface area contributed by atoms with Crippen LogP contribution in [0.5, 0.6) is 0 Å². The summed E-state index contributed by atoms with van der Waals surface area (Å²) >= 11 is 5.57. The van der Waals surface area contributed by atoms with Crippen molar-refractivity contribution in [1.29, 1.82) is 0 Å². The summed E-state index contributed by atoms with van der Waals surface area (Å²) in [5.74, 6) is 0.571. The fourth-order valence-electron chi connectivity index (χ4n) is 0.883. The number of hydrogen-bond acceptors (Lipinski definition) is 2. The van der Waals surface area contributed by atoms with Crippen molar-refractivity contribution in [3.05, 3.63) is 35.4 Å². The molecule has 2 nitrogen and oxygen atoms in total. The lowest BCUT2D eigenvalue weighted by Crippen LogP contribution is -1.86. The van der Waals surface area contributed by atoms with E-state index >= 15 is 0 Å². The zero-order valence-electron chi connectivity index (χ0n) is 6.37. The molecule has 0 heterocycles. The topological polar surface area (TPSA) is 34.1 Å². The van der Waals surface area contributed by atoms with Gasteiger partial charge in [0.25, 0.3) is 0 Å². The average molecular weight is 205 g/mol. The SMILES string of the molecule is O=[SH](=O)Cc1ccc(CCl)cc1. The molecule has 0 atom stereocenters. The van der Waals surface area contributed by atoms with Crippen LogP contribution in [0, 0.1) is 0 Å². The van der Waals surface area contributed by atoms with Gasteiger partial charge in [-0.1, -0.05) is 24.3 Å². The Morgan fingerprint density at radius 1 is 1.08 bits per heavy atom. The highest BCUT2D eigenvalue weighted by Crippen LogP contribution is 2.07. The highest BCUT2D eigenvalue weighted by atomic mass is 35.5. The van der Waals surface area contributed by atoms with Crippen molar-refractivity contribution in [2.75, 3.05) is 0 Å². The summed E-state index contributed by atoms with van der Waals surface area (Å²) in [5.41, 5.74) is 1.81. The number of rotatable bonds is 3. The van der Waals surface area contributed by atoms with Crippen LogP contribution in [0.4, 0.5) is 0 Å². The third-order valence-electron chi connectivity index (χ3n) is 1.49. The summed E-state index contributed by atoms with van der Waals surface area (Å²) in [5, 5.41) is 0. The van der Waals surface area contributed by atoms with Crippen molar-refractivity contribution in [3.63, 3.8) is 0 Å². The molecule has 0 aliphatic heterocycles. The van der Waals surface area contributed by atoms with Crippen molar-refractivity contribution in [2.45, 2.75) is 11.6 Å². The second-order valence-corrected chi connectivity index (χ2v) is 3.69. The molecule has 0 amide bonds. The van der Waals surface area contributed by atoms with Crippen LogP contribution >= 0.6 is 11.6 Å². The van der Waals surface area contributed by atoms with Gasteiger partial charge in [0.15, 0.2) is 0 Å². The molecule has 0 bridgehead atoms. The Hall–Kier alpha value is -0.540. The summed E-state index contributed by atoms with van der Waals surface area (Å²) < 4.78 is 20.7. The lowest BCUT2D eigenvalue weighted by Gasteiger charge is -1.96. The molecule has 0 saturated carbocycles. The minimum Gasteiger partial charge on any atom is -0.232 e. The molecule has 0 aromatic heterocycles. The first-order chi connectivity index (χ1) is 5.72. The van der Waals surface area contributed by atoms with Crippen molar-refractivity contribution >= 4 is 22.3 Å². The van der Waals surface area contributed by atoms with E-state index in [0.29, 0.717) is 5.88 Å². The van der Waals surface area contributed by atoms with Crippen molar-refractivity contribution in [2.24, 2.45) is 0 Å². The maximum Gasteiger partial charge on any atom is 0.144 e. The molecule has 1 aromatic carbocycles. The molecule has 1 aromatic rings. The second kappa shape index (κ2) is 4.48. The smallest absolute Gasteiger partial charge is 0.144 e. The molecule has 0 fully saturated rings. The predicted molar refractivity (Wildman–Crippen MR) is 50.0 cm³/mol. The summed E-state index contributed by atoms with van der Waals surface area (Å²) in [6.45, 7) is 0. The van der Waals surface area contributed by atoms with Crippen LogP contribution in [0.3, 0.4) is 0 Å². The molecular formula is C8H9ClO2S. The lowest BCUT2D eigenvalue weighted by atomic mass is 10.2. The average Bonchev–Trinajstić information content (AvgIpc) is 2.05. The number of halogens is 1. The van der Waals surface area contributed by atoms with E-state index in [9.17, 15) is 8.42 Å². The van der Waals surface area contributed by atoms with E-state index < -0.39 is 10.7 Å². The molecular weight excluding hydrogens is 196 g/mol. The molecule has 0 radical (unpaired) electrons. The fourth-order valence-corrected chi connectivity index (χ4v) is 1.57.